The van der Waals surface area contributed by atoms with Crippen molar-refractivity contribution < 1.29 is 9.90 Å². The van der Waals surface area contributed by atoms with Gasteiger partial charge in [0.2, 0.25) is 5.91 Å². The SMILES string of the molecule is Cc1cc(C)c(NC(=O)C2CC=CC2)cc1CO. The molecular weight excluding hydrogens is 226 g/mol. The molecule has 0 unspecified atom stereocenters. The van der Waals surface area contributed by atoms with E-state index in [2.05, 4.69) is 5.32 Å². The van der Waals surface area contributed by atoms with Gasteiger partial charge in [0.05, 0.1) is 6.61 Å². The van der Waals surface area contributed by atoms with E-state index in [4.69, 9.17) is 0 Å². The molecule has 0 heterocycles. The predicted octanol–water partition coefficient (Wildman–Crippen LogP) is 2.70. The van der Waals surface area contributed by atoms with E-state index in [1.54, 1.807) is 0 Å². The highest BCUT2D eigenvalue weighted by molar-refractivity contribution is 5.93. The molecular formula is C15H19NO2. The molecule has 0 saturated carbocycles. The molecule has 0 aromatic heterocycles. The third kappa shape index (κ3) is 2.62. The van der Waals surface area contributed by atoms with Crippen molar-refractivity contribution in [2.24, 2.45) is 5.92 Å². The van der Waals surface area contributed by atoms with Gasteiger partial charge < -0.3 is 10.4 Å². The molecule has 0 aliphatic heterocycles. The average Bonchev–Trinajstić information content (AvgIpc) is 2.86. The van der Waals surface area contributed by atoms with Crippen molar-refractivity contribution >= 4 is 11.6 Å². The van der Waals surface area contributed by atoms with Crippen molar-refractivity contribution in [2.75, 3.05) is 5.32 Å². The largest absolute Gasteiger partial charge is 0.392 e. The smallest absolute Gasteiger partial charge is 0.228 e. The maximum absolute atomic E-state index is 12.0. The Balaban J connectivity index is 2.15. The van der Waals surface area contributed by atoms with Crippen molar-refractivity contribution in [1.29, 1.82) is 0 Å². The number of allylic oxidation sites excluding steroid dienone is 2. The molecule has 96 valence electrons. The van der Waals surface area contributed by atoms with Gasteiger partial charge >= 0.3 is 0 Å². The number of hydrogen-bond acceptors (Lipinski definition) is 2. The van der Waals surface area contributed by atoms with Gasteiger partial charge in [-0.3, -0.25) is 4.79 Å². The lowest BCUT2D eigenvalue weighted by atomic mass is 10.0. The average molecular weight is 245 g/mol. The molecule has 1 aromatic rings. The first-order chi connectivity index (χ1) is 8.61. The number of rotatable bonds is 3. The lowest BCUT2D eigenvalue weighted by Gasteiger charge is -2.15. The fourth-order valence-corrected chi connectivity index (χ4v) is 2.27. The Morgan fingerprint density at radius 1 is 1.28 bits per heavy atom. The second-order valence-electron chi connectivity index (χ2n) is 4.88. The number of carbonyl (C=O) groups is 1. The van der Waals surface area contributed by atoms with Gasteiger partial charge in [-0.1, -0.05) is 18.2 Å². The number of benzene rings is 1. The van der Waals surface area contributed by atoms with Crippen molar-refractivity contribution in [3.8, 4) is 0 Å². The summed E-state index contributed by atoms with van der Waals surface area (Å²) in [5.41, 5.74) is 3.75. The molecule has 0 bridgehead atoms. The number of aliphatic hydroxyl groups is 1. The van der Waals surface area contributed by atoms with Gasteiger partial charge in [0.25, 0.3) is 0 Å². The highest BCUT2D eigenvalue weighted by Crippen LogP contribution is 2.24. The third-order valence-corrected chi connectivity index (χ3v) is 3.49. The summed E-state index contributed by atoms with van der Waals surface area (Å²) in [6.07, 6.45) is 5.74. The van der Waals surface area contributed by atoms with Crippen LogP contribution in [0.1, 0.15) is 29.5 Å². The van der Waals surface area contributed by atoms with Crippen LogP contribution in [0.25, 0.3) is 0 Å². The fraction of sp³-hybridized carbons (Fsp3) is 0.400. The minimum atomic E-state index is -0.0000318. The number of nitrogens with one attached hydrogen (secondary N) is 1. The third-order valence-electron chi connectivity index (χ3n) is 3.49. The monoisotopic (exact) mass is 245 g/mol. The van der Waals surface area contributed by atoms with Crippen molar-refractivity contribution in [2.45, 2.75) is 33.3 Å². The molecule has 1 aliphatic rings. The summed E-state index contributed by atoms with van der Waals surface area (Å²) in [5.74, 6) is 0.124. The summed E-state index contributed by atoms with van der Waals surface area (Å²) in [6, 6.07) is 3.86. The molecule has 2 rings (SSSR count). The minimum Gasteiger partial charge on any atom is -0.392 e. The predicted molar refractivity (Wildman–Crippen MR) is 72.3 cm³/mol. The number of carbonyl (C=O) groups excluding carboxylic acids is 1. The number of aryl methyl sites for hydroxylation is 2. The fourth-order valence-electron chi connectivity index (χ4n) is 2.27. The molecule has 0 saturated heterocycles. The molecule has 0 atom stereocenters. The summed E-state index contributed by atoms with van der Waals surface area (Å²) in [6.45, 7) is 3.93. The van der Waals surface area contributed by atoms with Gasteiger partial charge in [0.15, 0.2) is 0 Å². The Bertz CT molecular complexity index is 484. The lowest BCUT2D eigenvalue weighted by Crippen LogP contribution is -2.21. The zero-order valence-electron chi connectivity index (χ0n) is 10.9. The maximum Gasteiger partial charge on any atom is 0.228 e. The highest BCUT2D eigenvalue weighted by atomic mass is 16.3. The molecule has 3 nitrogen and oxygen atoms in total. The van der Waals surface area contributed by atoms with E-state index in [1.807, 2.05) is 38.1 Å². The van der Waals surface area contributed by atoms with Crippen molar-refractivity contribution in [1.82, 2.24) is 0 Å². The van der Waals surface area contributed by atoms with Crippen LogP contribution in [0.3, 0.4) is 0 Å². The zero-order chi connectivity index (χ0) is 13.1. The normalized spacial score (nSPS) is 15.1. The highest BCUT2D eigenvalue weighted by Gasteiger charge is 2.19. The molecule has 1 amide bonds. The molecule has 1 aliphatic carbocycles. The summed E-state index contributed by atoms with van der Waals surface area (Å²) in [4.78, 5) is 12.0. The molecule has 18 heavy (non-hydrogen) atoms. The zero-order valence-corrected chi connectivity index (χ0v) is 10.9. The van der Waals surface area contributed by atoms with Crippen LogP contribution in [0, 0.1) is 19.8 Å². The van der Waals surface area contributed by atoms with E-state index in [1.165, 1.54) is 0 Å². The van der Waals surface area contributed by atoms with Gasteiger partial charge in [0.1, 0.15) is 0 Å². The second kappa shape index (κ2) is 5.36. The van der Waals surface area contributed by atoms with Gasteiger partial charge in [-0.25, -0.2) is 0 Å². The molecule has 0 fully saturated rings. The minimum absolute atomic E-state index is 0.0000318. The second-order valence-corrected chi connectivity index (χ2v) is 4.88. The Morgan fingerprint density at radius 3 is 2.56 bits per heavy atom. The summed E-state index contributed by atoms with van der Waals surface area (Å²) < 4.78 is 0. The number of aliphatic hydroxyl groups excluding tert-OH is 1. The molecule has 0 radical (unpaired) electrons. The maximum atomic E-state index is 12.0. The van der Waals surface area contributed by atoms with Crippen LogP contribution < -0.4 is 5.32 Å². The topological polar surface area (TPSA) is 49.3 Å². The first-order valence-corrected chi connectivity index (χ1v) is 6.28. The van der Waals surface area contributed by atoms with E-state index in [0.717, 1.165) is 35.2 Å². The van der Waals surface area contributed by atoms with Crippen molar-refractivity contribution in [3.05, 3.63) is 41.0 Å². The Labute approximate surface area is 108 Å². The van der Waals surface area contributed by atoms with Crippen LogP contribution in [0.4, 0.5) is 5.69 Å². The van der Waals surface area contributed by atoms with Gasteiger partial charge in [-0.05, 0) is 49.4 Å². The molecule has 3 heteroatoms. The number of hydrogen-bond donors (Lipinski definition) is 2. The molecule has 0 spiro atoms. The van der Waals surface area contributed by atoms with E-state index in [0.29, 0.717) is 0 Å². The van der Waals surface area contributed by atoms with Crippen LogP contribution in [0.2, 0.25) is 0 Å². The number of amides is 1. The van der Waals surface area contributed by atoms with Gasteiger partial charge in [0, 0.05) is 11.6 Å². The number of anilines is 1. The molecule has 1 aromatic carbocycles. The summed E-state index contributed by atoms with van der Waals surface area (Å²) >= 11 is 0. The van der Waals surface area contributed by atoms with E-state index in [-0.39, 0.29) is 18.4 Å². The van der Waals surface area contributed by atoms with Crippen LogP contribution in [0.15, 0.2) is 24.3 Å². The Morgan fingerprint density at radius 2 is 1.94 bits per heavy atom. The standard InChI is InChI=1S/C15H19NO2/c1-10-7-11(2)14(8-13(10)9-17)16-15(18)12-5-3-4-6-12/h3-4,7-8,12,17H,5-6,9H2,1-2H3,(H,16,18). The summed E-state index contributed by atoms with van der Waals surface area (Å²) in [7, 11) is 0. The lowest BCUT2D eigenvalue weighted by molar-refractivity contribution is -0.119. The quantitative estimate of drug-likeness (QED) is 0.804. The van der Waals surface area contributed by atoms with Crippen LogP contribution in [0.5, 0.6) is 0 Å². The van der Waals surface area contributed by atoms with Crippen LogP contribution >= 0.6 is 0 Å². The first-order valence-electron chi connectivity index (χ1n) is 6.28. The summed E-state index contributed by atoms with van der Waals surface area (Å²) in [5, 5.41) is 12.2. The van der Waals surface area contributed by atoms with E-state index >= 15 is 0 Å². The Hall–Kier alpha value is -1.61. The van der Waals surface area contributed by atoms with E-state index < -0.39 is 0 Å². The van der Waals surface area contributed by atoms with Crippen LogP contribution in [-0.4, -0.2) is 11.0 Å². The van der Waals surface area contributed by atoms with Crippen molar-refractivity contribution in [3.63, 3.8) is 0 Å². The molecule has 2 N–H and O–H groups in total. The Kier molecular flexibility index (Phi) is 3.82. The van der Waals surface area contributed by atoms with E-state index in [9.17, 15) is 9.90 Å². The van der Waals surface area contributed by atoms with Gasteiger partial charge in [-0.2, -0.15) is 0 Å². The first kappa shape index (κ1) is 12.8. The van der Waals surface area contributed by atoms with Crippen LogP contribution in [-0.2, 0) is 11.4 Å². The van der Waals surface area contributed by atoms with Gasteiger partial charge in [-0.15, -0.1) is 0 Å².